The van der Waals surface area contributed by atoms with Crippen molar-refractivity contribution in [1.82, 2.24) is 5.32 Å². The van der Waals surface area contributed by atoms with Crippen molar-refractivity contribution in [3.63, 3.8) is 0 Å². The van der Waals surface area contributed by atoms with Gasteiger partial charge in [0, 0.05) is 0 Å². The van der Waals surface area contributed by atoms with Gasteiger partial charge in [-0.1, -0.05) is 31.2 Å². The van der Waals surface area contributed by atoms with E-state index in [4.69, 9.17) is 4.74 Å². The molecule has 0 saturated heterocycles. The highest BCUT2D eigenvalue weighted by Gasteiger charge is 2.00. The Kier molecular flexibility index (Phi) is 7.98. The normalized spacial score (nSPS) is 10.3. The average molecular weight is 247 g/mol. The Bertz CT molecular complexity index is 336. The van der Waals surface area contributed by atoms with Crippen LogP contribution in [0.1, 0.15) is 31.7 Å². The molecule has 0 amide bonds. The third-order valence-electron chi connectivity index (χ3n) is 2.84. The van der Waals surface area contributed by atoms with Crippen LogP contribution in [0.5, 0.6) is 5.75 Å². The first-order valence-corrected chi connectivity index (χ1v) is 6.90. The molecule has 0 aliphatic carbocycles. The molecule has 2 heteroatoms. The fourth-order valence-corrected chi connectivity index (χ4v) is 1.86. The first kappa shape index (κ1) is 14.8. The lowest BCUT2D eigenvalue weighted by molar-refractivity contribution is 0.302. The fourth-order valence-electron chi connectivity index (χ4n) is 1.86. The molecule has 18 heavy (non-hydrogen) atoms. The minimum Gasteiger partial charge on any atom is -0.493 e. The molecule has 0 bridgehead atoms. The predicted octanol–water partition coefficient (Wildman–Crippen LogP) is 3.57. The van der Waals surface area contributed by atoms with Crippen molar-refractivity contribution >= 4 is 0 Å². The van der Waals surface area contributed by atoms with E-state index in [2.05, 4.69) is 24.9 Å². The molecule has 1 aromatic carbocycles. The summed E-state index contributed by atoms with van der Waals surface area (Å²) in [6.07, 6.45) is 6.35. The topological polar surface area (TPSA) is 21.3 Å². The van der Waals surface area contributed by atoms with Crippen molar-refractivity contribution in [1.29, 1.82) is 0 Å². The van der Waals surface area contributed by atoms with Gasteiger partial charge in [-0.2, -0.15) is 0 Å². The van der Waals surface area contributed by atoms with Crippen LogP contribution in [0.3, 0.4) is 0 Å². The molecule has 0 fully saturated rings. The molecular formula is C16H25NO. The summed E-state index contributed by atoms with van der Waals surface area (Å²) in [4.78, 5) is 0. The van der Waals surface area contributed by atoms with Gasteiger partial charge in [0.25, 0.3) is 0 Å². The van der Waals surface area contributed by atoms with Gasteiger partial charge in [-0.25, -0.2) is 0 Å². The van der Waals surface area contributed by atoms with Crippen LogP contribution in [-0.4, -0.2) is 19.7 Å². The lowest BCUT2D eigenvalue weighted by Crippen LogP contribution is -2.14. The monoisotopic (exact) mass is 247 g/mol. The molecule has 0 radical (unpaired) electrons. The number of hydrogen-bond donors (Lipinski definition) is 1. The van der Waals surface area contributed by atoms with E-state index in [1.165, 1.54) is 18.4 Å². The molecule has 1 N–H and O–H groups in total. The van der Waals surface area contributed by atoms with E-state index in [1.54, 1.807) is 0 Å². The second kappa shape index (κ2) is 9.72. The Hall–Kier alpha value is -1.28. The first-order valence-electron chi connectivity index (χ1n) is 6.90. The van der Waals surface area contributed by atoms with E-state index in [-0.39, 0.29) is 0 Å². The Morgan fingerprint density at radius 3 is 2.83 bits per heavy atom. The standard InChI is InChI=1S/C16H25NO/c1-3-10-15-11-6-7-12-16(15)18-14-9-5-8-13-17-4-2/h3,6-7,11-12,17H,1,4-5,8-10,13-14H2,2H3. The van der Waals surface area contributed by atoms with Crippen LogP contribution < -0.4 is 10.1 Å². The zero-order valence-electron chi connectivity index (χ0n) is 11.5. The van der Waals surface area contributed by atoms with Crippen LogP contribution in [0.2, 0.25) is 0 Å². The van der Waals surface area contributed by atoms with Crippen LogP contribution in [0.25, 0.3) is 0 Å². The molecule has 0 spiro atoms. The second-order valence-electron chi connectivity index (χ2n) is 4.36. The summed E-state index contributed by atoms with van der Waals surface area (Å²) in [6.45, 7) is 8.89. The number of allylic oxidation sites excluding steroid dienone is 1. The molecule has 0 aromatic heterocycles. The molecule has 100 valence electrons. The number of para-hydroxylation sites is 1. The summed E-state index contributed by atoms with van der Waals surface area (Å²) in [7, 11) is 0. The summed E-state index contributed by atoms with van der Waals surface area (Å²) in [5, 5.41) is 3.33. The highest BCUT2D eigenvalue weighted by Crippen LogP contribution is 2.19. The summed E-state index contributed by atoms with van der Waals surface area (Å²) >= 11 is 0. The molecular weight excluding hydrogens is 222 g/mol. The summed E-state index contributed by atoms with van der Waals surface area (Å²) < 4.78 is 5.83. The maximum absolute atomic E-state index is 5.83. The maximum atomic E-state index is 5.83. The Labute approximate surface area is 111 Å². The fraction of sp³-hybridized carbons (Fsp3) is 0.500. The number of rotatable bonds is 10. The van der Waals surface area contributed by atoms with Gasteiger partial charge in [-0.15, -0.1) is 6.58 Å². The zero-order valence-corrected chi connectivity index (χ0v) is 11.5. The van der Waals surface area contributed by atoms with Crippen molar-refractivity contribution in [3.05, 3.63) is 42.5 Å². The molecule has 0 atom stereocenters. The van der Waals surface area contributed by atoms with Crippen LogP contribution in [0, 0.1) is 0 Å². The number of unbranched alkanes of at least 4 members (excludes halogenated alkanes) is 2. The third-order valence-corrected chi connectivity index (χ3v) is 2.84. The molecule has 1 rings (SSSR count). The molecule has 1 aromatic rings. The highest BCUT2D eigenvalue weighted by molar-refractivity contribution is 5.34. The van der Waals surface area contributed by atoms with Crippen LogP contribution in [0.4, 0.5) is 0 Å². The lowest BCUT2D eigenvalue weighted by Gasteiger charge is -2.10. The van der Waals surface area contributed by atoms with Crippen LogP contribution >= 0.6 is 0 Å². The minimum atomic E-state index is 0.806. The largest absolute Gasteiger partial charge is 0.493 e. The first-order chi connectivity index (χ1) is 8.88. The molecule has 0 aliphatic rings. The Morgan fingerprint density at radius 1 is 1.22 bits per heavy atom. The molecule has 0 saturated carbocycles. The van der Waals surface area contributed by atoms with E-state index in [1.807, 2.05) is 24.3 Å². The van der Waals surface area contributed by atoms with Crippen LogP contribution in [-0.2, 0) is 6.42 Å². The van der Waals surface area contributed by atoms with Gasteiger partial charge in [0.05, 0.1) is 6.61 Å². The molecule has 2 nitrogen and oxygen atoms in total. The van der Waals surface area contributed by atoms with Gasteiger partial charge in [0.15, 0.2) is 0 Å². The van der Waals surface area contributed by atoms with Crippen molar-refractivity contribution in [3.8, 4) is 5.75 Å². The SMILES string of the molecule is C=CCc1ccccc1OCCCCCNCC. The summed E-state index contributed by atoms with van der Waals surface area (Å²) in [5.41, 5.74) is 1.22. The average Bonchev–Trinajstić information content (AvgIpc) is 2.40. The molecule has 0 heterocycles. The van der Waals surface area contributed by atoms with E-state index >= 15 is 0 Å². The lowest BCUT2D eigenvalue weighted by atomic mass is 10.1. The van der Waals surface area contributed by atoms with Crippen molar-refractivity contribution < 1.29 is 4.74 Å². The molecule has 0 aliphatic heterocycles. The quantitative estimate of drug-likeness (QED) is 0.504. The van der Waals surface area contributed by atoms with Gasteiger partial charge in [0.1, 0.15) is 5.75 Å². The van der Waals surface area contributed by atoms with Gasteiger partial charge in [-0.05, 0) is 50.4 Å². The van der Waals surface area contributed by atoms with E-state index in [0.29, 0.717) is 0 Å². The highest BCUT2D eigenvalue weighted by atomic mass is 16.5. The minimum absolute atomic E-state index is 0.806. The van der Waals surface area contributed by atoms with E-state index < -0.39 is 0 Å². The van der Waals surface area contributed by atoms with Gasteiger partial charge in [0.2, 0.25) is 0 Å². The summed E-state index contributed by atoms with van der Waals surface area (Å²) in [5.74, 6) is 1.00. The van der Waals surface area contributed by atoms with Crippen LogP contribution in [0.15, 0.2) is 36.9 Å². The van der Waals surface area contributed by atoms with Gasteiger partial charge in [-0.3, -0.25) is 0 Å². The van der Waals surface area contributed by atoms with E-state index in [9.17, 15) is 0 Å². The predicted molar refractivity (Wildman–Crippen MR) is 78.2 cm³/mol. The van der Waals surface area contributed by atoms with Gasteiger partial charge < -0.3 is 10.1 Å². The Morgan fingerprint density at radius 2 is 2.06 bits per heavy atom. The number of ether oxygens (including phenoxy) is 1. The third kappa shape index (κ3) is 5.87. The Balaban J connectivity index is 2.20. The maximum Gasteiger partial charge on any atom is 0.122 e. The summed E-state index contributed by atoms with van der Waals surface area (Å²) in [6, 6.07) is 8.20. The number of hydrogen-bond acceptors (Lipinski definition) is 2. The van der Waals surface area contributed by atoms with E-state index in [0.717, 1.165) is 38.3 Å². The second-order valence-corrected chi connectivity index (χ2v) is 4.36. The number of benzene rings is 1. The van der Waals surface area contributed by atoms with Crippen molar-refractivity contribution in [2.24, 2.45) is 0 Å². The number of nitrogens with one attached hydrogen (secondary N) is 1. The molecule has 0 unspecified atom stereocenters. The smallest absolute Gasteiger partial charge is 0.122 e. The van der Waals surface area contributed by atoms with Crippen molar-refractivity contribution in [2.75, 3.05) is 19.7 Å². The zero-order chi connectivity index (χ0) is 13.1. The van der Waals surface area contributed by atoms with Crippen molar-refractivity contribution in [2.45, 2.75) is 32.6 Å². The van der Waals surface area contributed by atoms with Gasteiger partial charge >= 0.3 is 0 Å².